The lowest BCUT2D eigenvalue weighted by atomic mass is 9.80. The van der Waals surface area contributed by atoms with Crippen LogP contribution in [0.2, 0.25) is 0 Å². The lowest BCUT2D eigenvalue weighted by Crippen LogP contribution is -2.56. The van der Waals surface area contributed by atoms with Crippen molar-refractivity contribution in [3.63, 3.8) is 0 Å². The van der Waals surface area contributed by atoms with Crippen molar-refractivity contribution in [3.8, 4) is 0 Å². The molecule has 1 aromatic rings. The molecule has 26 heavy (non-hydrogen) atoms. The number of aliphatic carboxylic acids is 1. The molecule has 2 saturated carbocycles. The number of carbonyl (C=O) groups excluding carboxylic acids is 1. The van der Waals surface area contributed by atoms with Crippen LogP contribution in [-0.4, -0.2) is 45.4 Å². The van der Waals surface area contributed by atoms with Crippen LogP contribution in [0.25, 0.3) is 0 Å². The molecule has 0 radical (unpaired) electrons. The summed E-state index contributed by atoms with van der Waals surface area (Å²) in [4.78, 5) is 36.9. The van der Waals surface area contributed by atoms with Gasteiger partial charge in [-0.05, 0) is 37.8 Å². The van der Waals surface area contributed by atoms with E-state index in [1.54, 1.807) is 0 Å². The number of hydrogen-bond acceptors (Lipinski definition) is 5. The van der Waals surface area contributed by atoms with Crippen molar-refractivity contribution in [1.82, 2.24) is 4.90 Å². The monoisotopic (exact) mass is 361 g/mol. The van der Waals surface area contributed by atoms with Gasteiger partial charge in [0.25, 0.3) is 11.6 Å². The van der Waals surface area contributed by atoms with Gasteiger partial charge >= 0.3 is 5.97 Å². The van der Waals surface area contributed by atoms with E-state index in [-0.39, 0.29) is 17.3 Å². The largest absolute Gasteiger partial charge is 0.479 e. The fourth-order valence-corrected chi connectivity index (χ4v) is 3.60. The molecular formula is C18H23N3O5. The number of carbonyl (C=O) groups is 2. The summed E-state index contributed by atoms with van der Waals surface area (Å²) in [5.41, 5.74) is -0.882. The summed E-state index contributed by atoms with van der Waals surface area (Å²) in [6, 6.07) is 4.54. The molecule has 0 aliphatic heterocycles. The number of rotatable bonds is 6. The highest BCUT2D eigenvalue weighted by Crippen LogP contribution is 2.36. The highest BCUT2D eigenvalue weighted by atomic mass is 16.6. The van der Waals surface area contributed by atoms with Crippen LogP contribution in [0, 0.1) is 10.1 Å². The topological polar surface area (TPSA) is 113 Å². The third-order valence-electron chi connectivity index (χ3n) is 5.40. The van der Waals surface area contributed by atoms with Crippen molar-refractivity contribution >= 4 is 23.3 Å². The summed E-state index contributed by atoms with van der Waals surface area (Å²) in [6.07, 6.45) is 5.18. The molecule has 1 aromatic carbocycles. The Hall–Kier alpha value is -2.64. The molecule has 140 valence electrons. The first-order valence-electron chi connectivity index (χ1n) is 8.92. The van der Waals surface area contributed by atoms with Gasteiger partial charge in [-0.2, -0.15) is 0 Å². The first kappa shape index (κ1) is 18.2. The molecule has 1 amide bonds. The van der Waals surface area contributed by atoms with Crippen molar-refractivity contribution in [2.24, 2.45) is 0 Å². The van der Waals surface area contributed by atoms with E-state index < -0.39 is 22.3 Å². The molecule has 3 rings (SSSR count). The lowest BCUT2D eigenvalue weighted by Gasteiger charge is -2.41. The maximum atomic E-state index is 12.9. The molecule has 0 unspecified atom stereocenters. The average Bonchev–Trinajstić information content (AvgIpc) is 3.45. The number of nitro groups is 1. The summed E-state index contributed by atoms with van der Waals surface area (Å²) in [5, 5.41) is 24.2. The highest BCUT2D eigenvalue weighted by molar-refractivity contribution is 5.99. The van der Waals surface area contributed by atoms with Gasteiger partial charge in [0.15, 0.2) is 0 Å². The predicted octanol–water partition coefficient (Wildman–Crippen LogP) is 3.03. The van der Waals surface area contributed by atoms with E-state index in [1.165, 1.54) is 30.1 Å². The van der Waals surface area contributed by atoms with Crippen molar-refractivity contribution < 1.29 is 19.6 Å². The van der Waals surface area contributed by atoms with Crippen molar-refractivity contribution in [3.05, 3.63) is 33.9 Å². The van der Waals surface area contributed by atoms with Gasteiger partial charge in [-0.3, -0.25) is 14.9 Å². The molecule has 0 spiro atoms. The molecule has 0 heterocycles. The Morgan fingerprint density at radius 3 is 2.46 bits per heavy atom. The molecule has 0 atom stereocenters. The zero-order valence-corrected chi connectivity index (χ0v) is 14.7. The summed E-state index contributed by atoms with van der Waals surface area (Å²) >= 11 is 0. The van der Waals surface area contributed by atoms with Crippen LogP contribution in [0.4, 0.5) is 11.4 Å². The van der Waals surface area contributed by atoms with Crippen LogP contribution in [0.5, 0.6) is 0 Å². The Morgan fingerprint density at radius 2 is 1.92 bits per heavy atom. The Kier molecular flexibility index (Phi) is 4.84. The van der Waals surface area contributed by atoms with Gasteiger partial charge in [-0.25, -0.2) is 4.79 Å². The van der Waals surface area contributed by atoms with E-state index in [4.69, 9.17) is 0 Å². The van der Waals surface area contributed by atoms with Gasteiger partial charge in [0.2, 0.25) is 0 Å². The number of nitro benzene ring substituents is 1. The summed E-state index contributed by atoms with van der Waals surface area (Å²) in [5.74, 6) is -1.52. The van der Waals surface area contributed by atoms with Crippen LogP contribution in [0.1, 0.15) is 55.3 Å². The molecule has 8 nitrogen and oxygen atoms in total. The first-order valence-corrected chi connectivity index (χ1v) is 8.92. The summed E-state index contributed by atoms with van der Waals surface area (Å²) in [6.45, 7) is 0. The van der Waals surface area contributed by atoms with E-state index in [0.29, 0.717) is 18.5 Å². The smallest absolute Gasteiger partial charge is 0.329 e. The van der Waals surface area contributed by atoms with Crippen LogP contribution in [-0.2, 0) is 4.79 Å². The molecule has 2 N–H and O–H groups in total. The number of benzene rings is 1. The Balaban J connectivity index is 1.89. The van der Waals surface area contributed by atoms with E-state index in [2.05, 4.69) is 5.32 Å². The maximum absolute atomic E-state index is 12.9. The van der Waals surface area contributed by atoms with E-state index in [1.807, 2.05) is 0 Å². The third-order valence-corrected chi connectivity index (χ3v) is 5.40. The normalized spacial score (nSPS) is 18.8. The van der Waals surface area contributed by atoms with Gasteiger partial charge in [0.05, 0.1) is 4.92 Å². The average molecular weight is 361 g/mol. The molecular weight excluding hydrogens is 338 g/mol. The Morgan fingerprint density at radius 1 is 1.27 bits per heavy atom. The van der Waals surface area contributed by atoms with Crippen LogP contribution in [0.3, 0.4) is 0 Å². The number of carboxylic acids is 1. The molecule has 0 saturated heterocycles. The Labute approximate surface area is 151 Å². The van der Waals surface area contributed by atoms with Gasteiger partial charge in [0.1, 0.15) is 11.2 Å². The molecule has 0 aromatic heterocycles. The quantitative estimate of drug-likeness (QED) is 0.595. The second-order valence-electron chi connectivity index (χ2n) is 7.17. The van der Waals surface area contributed by atoms with Gasteiger partial charge in [0, 0.05) is 24.7 Å². The lowest BCUT2D eigenvalue weighted by molar-refractivity contribution is -0.384. The number of hydrogen-bond donors (Lipinski definition) is 2. The van der Waals surface area contributed by atoms with Crippen LogP contribution in [0.15, 0.2) is 18.2 Å². The first-order chi connectivity index (χ1) is 12.3. The highest BCUT2D eigenvalue weighted by Gasteiger charge is 2.45. The van der Waals surface area contributed by atoms with Crippen LogP contribution >= 0.6 is 0 Å². The standard InChI is InChI=1S/C18H23N3O5/c1-20(18(17(23)24)9-3-2-4-10-18)16(22)12-5-8-14(19-13-6-7-13)15(11-12)21(25)26/h5,8,11,13,19H,2-4,6-7,9-10H2,1H3,(H,23,24). The van der Waals surface area contributed by atoms with E-state index >= 15 is 0 Å². The number of anilines is 1. The summed E-state index contributed by atoms with van der Waals surface area (Å²) < 4.78 is 0. The molecule has 8 heteroatoms. The van der Waals surface area contributed by atoms with Crippen molar-refractivity contribution in [1.29, 1.82) is 0 Å². The van der Waals surface area contributed by atoms with Crippen molar-refractivity contribution in [2.45, 2.75) is 56.5 Å². The van der Waals surface area contributed by atoms with E-state index in [9.17, 15) is 24.8 Å². The second kappa shape index (κ2) is 6.93. The van der Waals surface area contributed by atoms with Gasteiger partial charge < -0.3 is 15.3 Å². The summed E-state index contributed by atoms with van der Waals surface area (Å²) in [7, 11) is 1.48. The zero-order chi connectivity index (χ0) is 18.9. The molecule has 2 fully saturated rings. The molecule has 2 aliphatic carbocycles. The number of nitrogens with zero attached hydrogens (tertiary/aromatic N) is 2. The number of amides is 1. The number of nitrogens with one attached hydrogen (secondary N) is 1. The number of likely N-dealkylation sites (N-methyl/N-ethyl adjacent to an activating group) is 1. The molecule has 0 bridgehead atoms. The third kappa shape index (κ3) is 3.36. The fraction of sp³-hybridized carbons (Fsp3) is 0.556. The SMILES string of the molecule is CN(C(=O)c1ccc(NC2CC2)c([N+](=O)[O-])c1)C1(C(=O)O)CCCCC1. The predicted molar refractivity (Wildman–Crippen MR) is 95.3 cm³/mol. The second-order valence-corrected chi connectivity index (χ2v) is 7.17. The zero-order valence-electron chi connectivity index (χ0n) is 14.7. The molecule has 2 aliphatic rings. The minimum Gasteiger partial charge on any atom is -0.479 e. The Bertz CT molecular complexity index is 738. The minimum absolute atomic E-state index is 0.131. The van der Waals surface area contributed by atoms with Crippen molar-refractivity contribution in [2.75, 3.05) is 12.4 Å². The van der Waals surface area contributed by atoms with Gasteiger partial charge in [-0.1, -0.05) is 19.3 Å². The number of carboxylic acid groups (broad SMARTS) is 1. The fourth-order valence-electron chi connectivity index (χ4n) is 3.60. The van der Waals surface area contributed by atoms with Crippen LogP contribution < -0.4 is 5.32 Å². The van der Waals surface area contributed by atoms with E-state index in [0.717, 1.165) is 32.1 Å². The minimum atomic E-state index is -1.24. The van der Waals surface area contributed by atoms with Gasteiger partial charge in [-0.15, -0.1) is 0 Å². The maximum Gasteiger partial charge on any atom is 0.329 e.